The van der Waals surface area contributed by atoms with Crippen LogP contribution in [-0.4, -0.2) is 33.3 Å². The average Bonchev–Trinajstić information content (AvgIpc) is 2.76. The molecule has 2 unspecified atom stereocenters. The van der Waals surface area contributed by atoms with Gasteiger partial charge in [0.15, 0.2) is 0 Å². The van der Waals surface area contributed by atoms with Crippen molar-refractivity contribution in [1.29, 1.82) is 0 Å². The average molecular weight is 285 g/mol. The Morgan fingerprint density at radius 3 is 2.44 bits per heavy atom. The van der Waals surface area contributed by atoms with E-state index in [0.29, 0.717) is 12.1 Å². The molecule has 3 rings (SSSR count). The fourth-order valence-electron chi connectivity index (χ4n) is 3.29. The first-order valence-electron chi connectivity index (χ1n) is 6.47. The van der Waals surface area contributed by atoms with Gasteiger partial charge in [-0.2, -0.15) is 0 Å². The molecule has 0 radical (unpaired) electrons. The smallest absolute Gasteiger partial charge is 0.266 e. The first-order chi connectivity index (χ1) is 8.56. The molecule has 2 saturated heterocycles. The van der Waals surface area contributed by atoms with Crippen LogP contribution < -0.4 is 0 Å². The highest BCUT2D eigenvalue weighted by Gasteiger charge is 2.43. The van der Waals surface area contributed by atoms with Crippen molar-refractivity contribution in [1.82, 2.24) is 9.88 Å². The van der Waals surface area contributed by atoms with Gasteiger partial charge in [0.25, 0.3) is 5.91 Å². The van der Waals surface area contributed by atoms with E-state index in [4.69, 9.17) is 11.6 Å². The third kappa shape index (κ3) is 1.95. The molecule has 0 spiro atoms. The van der Waals surface area contributed by atoms with Crippen molar-refractivity contribution in [3.63, 3.8) is 0 Å². The maximum Gasteiger partial charge on any atom is 0.266 e. The number of aromatic nitrogens is 1. The molecule has 1 aromatic heterocycles. The van der Waals surface area contributed by atoms with Crippen LogP contribution in [0.25, 0.3) is 0 Å². The van der Waals surface area contributed by atoms with Crippen LogP contribution in [0.1, 0.15) is 46.1 Å². The van der Waals surface area contributed by atoms with Crippen LogP contribution in [0.3, 0.4) is 0 Å². The lowest BCUT2D eigenvalue weighted by Gasteiger charge is -2.36. The summed E-state index contributed by atoms with van der Waals surface area (Å²) in [6.07, 6.45) is 4.11. The monoisotopic (exact) mass is 284 g/mol. The molecule has 18 heavy (non-hydrogen) atoms. The molecule has 5 heteroatoms. The number of carbonyl (C=O) groups is 1. The van der Waals surface area contributed by atoms with E-state index in [2.05, 4.69) is 9.88 Å². The molecule has 1 aromatic rings. The number of hydrogen-bond donors (Lipinski definition) is 0. The number of rotatable bonds is 1. The zero-order valence-corrected chi connectivity index (χ0v) is 12.2. The molecule has 0 N–H and O–H groups in total. The number of hydrogen-bond acceptors (Lipinski definition) is 3. The first-order valence-corrected chi connectivity index (χ1v) is 7.72. The molecule has 98 valence electrons. The molecule has 3 heterocycles. The van der Waals surface area contributed by atoms with Crippen LogP contribution >= 0.6 is 22.9 Å². The van der Waals surface area contributed by atoms with Crippen LogP contribution in [0.2, 0.25) is 0 Å². The van der Waals surface area contributed by atoms with Gasteiger partial charge >= 0.3 is 0 Å². The van der Waals surface area contributed by atoms with E-state index in [1.165, 1.54) is 11.3 Å². The number of fused-ring (bicyclic) bond motifs is 2. The molecule has 2 bridgehead atoms. The van der Waals surface area contributed by atoms with E-state index >= 15 is 0 Å². The SMILES string of the molecule is Cc1nc(C)c(C(=O)N2C3CCC2CC(Cl)C3)s1. The minimum atomic E-state index is 0.175. The minimum Gasteiger partial charge on any atom is -0.332 e. The molecule has 2 atom stereocenters. The fourth-order valence-corrected chi connectivity index (χ4v) is 4.56. The standard InChI is InChI=1S/C13H17ClN2OS/c1-7-12(18-8(2)15-7)13(17)16-10-3-4-11(16)6-9(14)5-10/h9-11H,3-6H2,1-2H3. The van der Waals surface area contributed by atoms with Crippen molar-refractivity contribution in [3.05, 3.63) is 15.6 Å². The van der Waals surface area contributed by atoms with Gasteiger partial charge in [-0.05, 0) is 39.5 Å². The van der Waals surface area contributed by atoms with Gasteiger partial charge in [-0.15, -0.1) is 22.9 Å². The third-order valence-electron chi connectivity index (χ3n) is 4.01. The van der Waals surface area contributed by atoms with Gasteiger partial charge in [-0.25, -0.2) is 4.98 Å². The fraction of sp³-hybridized carbons (Fsp3) is 0.692. The summed E-state index contributed by atoms with van der Waals surface area (Å²) >= 11 is 7.76. The summed E-state index contributed by atoms with van der Waals surface area (Å²) in [4.78, 5) is 19.9. The van der Waals surface area contributed by atoms with Gasteiger partial charge in [-0.3, -0.25) is 4.79 Å². The maximum absolute atomic E-state index is 12.7. The normalized spacial score (nSPS) is 30.8. The van der Waals surface area contributed by atoms with E-state index in [0.717, 1.165) is 41.3 Å². The van der Waals surface area contributed by atoms with Crippen LogP contribution in [0.5, 0.6) is 0 Å². The van der Waals surface area contributed by atoms with Crippen molar-refractivity contribution >= 4 is 28.8 Å². The second-order valence-corrected chi connectivity index (χ2v) is 7.13. The van der Waals surface area contributed by atoms with Crippen LogP contribution in [-0.2, 0) is 0 Å². The van der Waals surface area contributed by atoms with Crippen molar-refractivity contribution in [2.75, 3.05) is 0 Å². The van der Waals surface area contributed by atoms with Gasteiger partial charge in [0.05, 0.1) is 10.7 Å². The summed E-state index contributed by atoms with van der Waals surface area (Å²) in [6.45, 7) is 3.88. The van der Waals surface area contributed by atoms with Crippen molar-refractivity contribution in [2.24, 2.45) is 0 Å². The molecule has 0 aliphatic carbocycles. The Morgan fingerprint density at radius 2 is 1.94 bits per heavy atom. The summed E-state index contributed by atoms with van der Waals surface area (Å²) in [7, 11) is 0. The van der Waals surface area contributed by atoms with E-state index in [1.54, 1.807) is 0 Å². The predicted octanol–water partition coefficient (Wildman–Crippen LogP) is 3.13. The summed E-state index contributed by atoms with van der Waals surface area (Å²) in [6, 6.07) is 0.695. The van der Waals surface area contributed by atoms with Gasteiger partial charge < -0.3 is 4.90 Å². The Kier molecular flexibility index (Phi) is 3.10. The topological polar surface area (TPSA) is 33.2 Å². The number of aryl methyl sites for hydroxylation is 2. The number of halogens is 1. The summed E-state index contributed by atoms with van der Waals surface area (Å²) in [5.74, 6) is 0.175. The zero-order chi connectivity index (χ0) is 12.9. The second kappa shape index (κ2) is 4.49. The molecule has 0 aromatic carbocycles. The number of amides is 1. The lowest BCUT2D eigenvalue weighted by Crippen LogP contribution is -2.46. The van der Waals surface area contributed by atoms with E-state index < -0.39 is 0 Å². The number of carbonyl (C=O) groups excluding carboxylic acids is 1. The zero-order valence-electron chi connectivity index (χ0n) is 10.6. The molecular weight excluding hydrogens is 268 g/mol. The molecule has 0 saturated carbocycles. The summed E-state index contributed by atoms with van der Waals surface area (Å²) < 4.78 is 0. The molecule has 3 nitrogen and oxygen atoms in total. The van der Waals surface area contributed by atoms with Crippen LogP contribution in [0.4, 0.5) is 0 Å². The lowest BCUT2D eigenvalue weighted by atomic mass is 10.0. The van der Waals surface area contributed by atoms with Gasteiger partial charge in [0.1, 0.15) is 4.88 Å². The van der Waals surface area contributed by atoms with Crippen molar-refractivity contribution in [2.45, 2.75) is 57.0 Å². The van der Waals surface area contributed by atoms with Crippen molar-refractivity contribution < 1.29 is 4.79 Å². The van der Waals surface area contributed by atoms with E-state index in [-0.39, 0.29) is 11.3 Å². The highest BCUT2D eigenvalue weighted by molar-refractivity contribution is 7.13. The Labute approximate surface area is 116 Å². The Hall–Kier alpha value is -0.610. The molecule has 2 fully saturated rings. The van der Waals surface area contributed by atoms with Crippen LogP contribution in [0.15, 0.2) is 0 Å². The van der Waals surface area contributed by atoms with Gasteiger partial charge in [-0.1, -0.05) is 0 Å². The Bertz CT molecular complexity index is 473. The third-order valence-corrected chi connectivity index (χ3v) is 5.43. The molecule has 2 aliphatic rings. The molecule has 2 aliphatic heterocycles. The Morgan fingerprint density at radius 1 is 1.33 bits per heavy atom. The van der Waals surface area contributed by atoms with E-state index in [9.17, 15) is 4.79 Å². The predicted molar refractivity (Wildman–Crippen MR) is 73.4 cm³/mol. The Balaban J connectivity index is 1.88. The highest BCUT2D eigenvalue weighted by Crippen LogP contribution is 2.39. The first kappa shape index (κ1) is 12.4. The largest absolute Gasteiger partial charge is 0.332 e. The van der Waals surface area contributed by atoms with E-state index in [1.807, 2.05) is 13.8 Å². The van der Waals surface area contributed by atoms with Crippen molar-refractivity contribution in [3.8, 4) is 0 Å². The molecule has 1 amide bonds. The number of alkyl halides is 1. The second-order valence-electron chi connectivity index (χ2n) is 5.31. The quantitative estimate of drug-likeness (QED) is 0.742. The molecular formula is C13H17ClN2OS. The number of thiazole rings is 1. The van der Waals surface area contributed by atoms with Gasteiger partial charge in [0, 0.05) is 17.5 Å². The van der Waals surface area contributed by atoms with Gasteiger partial charge in [0.2, 0.25) is 0 Å². The minimum absolute atomic E-state index is 0.175. The summed E-state index contributed by atoms with van der Waals surface area (Å²) in [5, 5.41) is 1.21. The summed E-state index contributed by atoms with van der Waals surface area (Å²) in [5.41, 5.74) is 0.870. The highest BCUT2D eigenvalue weighted by atomic mass is 35.5. The number of piperidine rings is 1. The van der Waals surface area contributed by atoms with Crippen LogP contribution in [0, 0.1) is 13.8 Å². The lowest BCUT2D eigenvalue weighted by molar-refractivity contribution is 0.0603. The maximum atomic E-state index is 12.7. The number of nitrogens with zero attached hydrogens (tertiary/aromatic N) is 2.